The number of anilines is 2. The lowest BCUT2D eigenvalue weighted by Gasteiger charge is -2.18. The van der Waals surface area contributed by atoms with E-state index in [1.54, 1.807) is 29.0 Å². The fraction of sp³-hybridized carbons (Fsp3) is 0.192. The summed E-state index contributed by atoms with van der Waals surface area (Å²) in [6.07, 6.45) is 1.60. The maximum Gasteiger partial charge on any atom is 0.188 e. The van der Waals surface area contributed by atoms with Crippen LogP contribution in [0.2, 0.25) is 0 Å². The second-order valence-corrected chi connectivity index (χ2v) is 10.1. The van der Waals surface area contributed by atoms with Crippen LogP contribution in [-0.4, -0.2) is 28.2 Å². The SMILES string of the molecule is CC(C)c1ccc(-c2csc3ncnc(Nc4nc(-c5ccc6c(c5)OCCO6)cs4)c23)cc1. The Bertz CT molecular complexity index is 1470. The first-order chi connectivity index (χ1) is 16.7. The molecule has 0 amide bonds. The van der Waals surface area contributed by atoms with Crippen LogP contribution in [0.3, 0.4) is 0 Å². The number of fused-ring (bicyclic) bond motifs is 2. The summed E-state index contributed by atoms with van der Waals surface area (Å²) in [4.78, 5) is 14.8. The van der Waals surface area contributed by atoms with Crippen molar-refractivity contribution in [3.8, 4) is 33.9 Å². The molecule has 1 N–H and O–H groups in total. The van der Waals surface area contributed by atoms with Crippen molar-refractivity contribution in [2.45, 2.75) is 19.8 Å². The normalized spacial score (nSPS) is 12.9. The largest absolute Gasteiger partial charge is 0.486 e. The second-order valence-electron chi connectivity index (χ2n) is 8.35. The Morgan fingerprint density at radius 1 is 0.882 bits per heavy atom. The lowest BCUT2D eigenvalue weighted by molar-refractivity contribution is 0.171. The molecule has 0 atom stereocenters. The maximum atomic E-state index is 5.72. The van der Waals surface area contributed by atoms with Gasteiger partial charge >= 0.3 is 0 Å². The summed E-state index contributed by atoms with van der Waals surface area (Å²) in [5.41, 5.74) is 5.48. The maximum absolute atomic E-state index is 5.72. The Kier molecular flexibility index (Phi) is 5.39. The molecule has 0 saturated heterocycles. The average molecular weight is 487 g/mol. The Morgan fingerprint density at radius 2 is 1.68 bits per heavy atom. The van der Waals surface area contributed by atoms with Crippen molar-refractivity contribution in [2.24, 2.45) is 0 Å². The zero-order chi connectivity index (χ0) is 23.1. The van der Waals surface area contributed by atoms with Gasteiger partial charge in [-0.05, 0) is 35.2 Å². The predicted molar refractivity (Wildman–Crippen MR) is 139 cm³/mol. The van der Waals surface area contributed by atoms with Crippen molar-refractivity contribution in [1.82, 2.24) is 15.0 Å². The van der Waals surface area contributed by atoms with Crippen molar-refractivity contribution in [3.63, 3.8) is 0 Å². The summed E-state index contributed by atoms with van der Waals surface area (Å²) < 4.78 is 11.4. The van der Waals surface area contributed by atoms with Crippen LogP contribution in [0.25, 0.3) is 32.6 Å². The number of thiazole rings is 1. The average Bonchev–Trinajstić information content (AvgIpc) is 3.52. The molecule has 3 aromatic heterocycles. The van der Waals surface area contributed by atoms with Gasteiger partial charge in [0.1, 0.15) is 30.2 Å². The molecule has 0 fully saturated rings. The first-order valence-corrected chi connectivity index (χ1v) is 12.9. The van der Waals surface area contributed by atoms with E-state index in [9.17, 15) is 0 Å². The molecule has 6 rings (SSSR count). The van der Waals surface area contributed by atoms with Gasteiger partial charge in [0.05, 0.1) is 11.1 Å². The third-order valence-corrected chi connectivity index (χ3v) is 7.47. The highest BCUT2D eigenvalue weighted by atomic mass is 32.1. The number of nitrogens with one attached hydrogen (secondary N) is 1. The molecule has 5 aromatic rings. The van der Waals surface area contributed by atoms with E-state index in [1.165, 1.54) is 5.56 Å². The van der Waals surface area contributed by atoms with Crippen LogP contribution in [0, 0.1) is 0 Å². The molecule has 0 bridgehead atoms. The fourth-order valence-electron chi connectivity index (χ4n) is 4.00. The van der Waals surface area contributed by atoms with E-state index in [0.29, 0.717) is 19.1 Å². The van der Waals surface area contributed by atoms with Gasteiger partial charge in [-0.25, -0.2) is 15.0 Å². The Hall–Kier alpha value is -3.49. The molecule has 1 aliphatic heterocycles. The van der Waals surface area contributed by atoms with Crippen LogP contribution < -0.4 is 14.8 Å². The summed E-state index contributed by atoms with van der Waals surface area (Å²) in [5, 5.41) is 9.41. The van der Waals surface area contributed by atoms with Crippen molar-refractivity contribution in [2.75, 3.05) is 18.5 Å². The van der Waals surface area contributed by atoms with E-state index in [1.807, 2.05) is 23.6 Å². The predicted octanol–water partition coefficient (Wildman–Crippen LogP) is 7.12. The molecule has 34 heavy (non-hydrogen) atoms. The van der Waals surface area contributed by atoms with Gasteiger partial charge in [-0.1, -0.05) is 38.1 Å². The number of hydrogen-bond donors (Lipinski definition) is 1. The minimum Gasteiger partial charge on any atom is -0.486 e. The summed E-state index contributed by atoms with van der Waals surface area (Å²) >= 11 is 3.17. The lowest BCUT2D eigenvalue weighted by Crippen LogP contribution is -2.15. The lowest BCUT2D eigenvalue weighted by atomic mass is 9.99. The topological polar surface area (TPSA) is 69.2 Å². The molecule has 2 aromatic carbocycles. The minimum absolute atomic E-state index is 0.502. The third kappa shape index (κ3) is 3.89. The molecule has 1 aliphatic rings. The van der Waals surface area contributed by atoms with E-state index >= 15 is 0 Å². The van der Waals surface area contributed by atoms with Gasteiger partial charge in [0.2, 0.25) is 0 Å². The van der Waals surface area contributed by atoms with Crippen LogP contribution in [0.15, 0.2) is 59.6 Å². The molecule has 170 valence electrons. The molecule has 0 radical (unpaired) electrons. The molecular formula is C26H22N4O2S2. The monoisotopic (exact) mass is 486 g/mol. The van der Waals surface area contributed by atoms with E-state index in [2.05, 4.69) is 58.8 Å². The number of rotatable bonds is 5. The van der Waals surface area contributed by atoms with Crippen molar-refractivity contribution < 1.29 is 9.47 Å². The van der Waals surface area contributed by atoms with Crippen LogP contribution in [0.5, 0.6) is 11.5 Å². The van der Waals surface area contributed by atoms with Gasteiger partial charge in [-0.3, -0.25) is 0 Å². The van der Waals surface area contributed by atoms with Gasteiger partial charge in [0, 0.05) is 21.9 Å². The van der Waals surface area contributed by atoms with Gasteiger partial charge in [-0.2, -0.15) is 0 Å². The number of benzene rings is 2. The summed E-state index contributed by atoms with van der Waals surface area (Å²) in [6.45, 7) is 5.56. The van der Waals surface area contributed by atoms with Crippen molar-refractivity contribution in [3.05, 3.63) is 65.1 Å². The van der Waals surface area contributed by atoms with Gasteiger partial charge < -0.3 is 14.8 Å². The minimum atomic E-state index is 0.502. The number of ether oxygens (including phenoxy) is 2. The highest BCUT2D eigenvalue weighted by molar-refractivity contribution is 7.17. The summed E-state index contributed by atoms with van der Waals surface area (Å²) in [7, 11) is 0. The molecule has 8 heteroatoms. The second kappa shape index (κ2) is 8.70. The highest BCUT2D eigenvalue weighted by Gasteiger charge is 2.17. The molecule has 0 spiro atoms. The van der Waals surface area contributed by atoms with Crippen molar-refractivity contribution in [1.29, 1.82) is 0 Å². The zero-order valence-corrected chi connectivity index (χ0v) is 20.4. The molecule has 4 heterocycles. The van der Waals surface area contributed by atoms with Gasteiger partial charge in [0.15, 0.2) is 16.6 Å². The summed E-state index contributed by atoms with van der Waals surface area (Å²) in [5.74, 6) is 2.80. The fourth-order valence-corrected chi connectivity index (χ4v) is 5.63. The molecule has 0 saturated carbocycles. The van der Waals surface area contributed by atoms with Crippen LogP contribution >= 0.6 is 22.7 Å². The number of nitrogens with zero attached hydrogens (tertiary/aromatic N) is 3. The van der Waals surface area contributed by atoms with Crippen LogP contribution in [-0.2, 0) is 0 Å². The van der Waals surface area contributed by atoms with Gasteiger partial charge in [0.25, 0.3) is 0 Å². The first-order valence-electron chi connectivity index (χ1n) is 11.1. The Balaban J connectivity index is 1.32. The van der Waals surface area contributed by atoms with Crippen LogP contribution in [0.4, 0.5) is 10.9 Å². The number of hydrogen-bond acceptors (Lipinski definition) is 8. The highest BCUT2D eigenvalue weighted by Crippen LogP contribution is 2.39. The molecule has 0 unspecified atom stereocenters. The zero-order valence-electron chi connectivity index (χ0n) is 18.7. The van der Waals surface area contributed by atoms with Gasteiger partial charge in [-0.15, -0.1) is 22.7 Å². The third-order valence-electron chi connectivity index (χ3n) is 5.83. The molecule has 6 nitrogen and oxygen atoms in total. The first kappa shape index (κ1) is 21.1. The van der Waals surface area contributed by atoms with Crippen molar-refractivity contribution >= 4 is 43.8 Å². The van der Waals surface area contributed by atoms with Crippen LogP contribution in [0.1, 0.15) is 25.3 Å². The Morgan fingerprint density at radius 3 is 2.50 bits per heavy atom. The van der Waals surface area contributed by atoms with E-state index in [0.717, 1.165) is 55.0 Å². The standard InChI is InChI=1S/C26H22N4O2S2/c1-15(2)16-3-5-17(6-4-16)19-12-33-25-23(19)24(27-14-28-25)30-26-29-20(13-34-26)18-7-8-21-22(11-18)32-10-9-31-21/h3-8,11-15H,9-10H2,1-2H3,(H,27,28,29,30). The quantitative estimate of drug-likeness (QED) is 0.285. The summed E-state index contributed by atoms with van der Waals surface area (Å²) in [6, 6.07) is 14.7. The van der Waals surface area contributed by atoms with E-state index in [4.69, 9.17) is 14.5 Å². The smallest absolute Gasteiger partial charge is 0.188 e. The van der Waals surface area contributed by atoms with E-state index in [-0.39, 0.29) is 0 Å². The van der Waals surface area contributed by atoms with E-state index < -0.39 is 0 Å². The molecular weight excluding hydrogens is 464 g/mol. The number of thiophene rings is 1. The molecule has 0 aliphatic carbocycles. The number of aromatic nitrogens is 3. The Labute approximate surface area is 205 Å².